The summed E-state index contributed by atoms with van der Waals surface area (Å²) in [5.74, 6) is -1.18. The normalized spacial score (nSPS) is 20.5. The lowest BCUT2D eigenvalue weighted by Crippen LogP contribution is -2.49. The number of carbonyl (C=O) groups is 1. The number of nitrogens with zero attached hydrogens (tertiary/aromatic N) is 1. The summed E-state index contributed by atoms with van der Waals surface area (Å²) in [5, 5.41) is 2.77. The molecule has 2 rings (SSSR count). The Labute approximate surface area is 140 Å². The van der Waals surface area contributed by atoms with Gasteiger partial charge in [0.05, 0.1) is 24.8 Å². The number of likely N-dealkylation sites (tertiary alicyclic amines) is 1. The lowest BCUT2D eigenvalue weighted by Gasteiger charge is -2.36. The van der Waals surface area contributed by atoms with Crippen LogP contribution in [0.15, 0.2) is 18.2 Å². The van der Waals surface area contributed by atoms with E-state index >= 15 is 0 Å². The maximum Gasteiger partial charge on any atom is 0.393 e. The molecule has 2 atom stereocenters. The molecule has 1 aromatic carbocycles. The second kappa shape index (κ2) is 7.42. The van der Waals surface area contributed by atoms with Crippen LogP contribution in [-0.4, -0.2) is 43.2 Å². The van der Waals surface area contributed by atoms with E-state index in [0.717, 1.165) is 5.56 Å². The van der Waals surface area contributed by atoms with Gasteiger partial charge in [-0.25, -0.2) is 0 Å². The highest BCUT2D eigenvalue weighted by Gasteiger charge is 2.43. The molecule has 0 unspecified atom stereocenters. The maximum absolute atomic E-state index is 12.9. The third-order valence-electron chi connectivity index (χ3n) is 4.46. The fraction of sp³-hybridized carbons (Fsp3) is 0.588. The zero-order valence-electron chi connectivity index (χ0n) is 14.1. The molecule has 7 heteroatoms. The van der Waals surface area contributed by atoms with Crippen molar-refractivity contribution in [2.45, 2.75) is 38.9 Å². The summed E-state index contributed by atoms with van der Waals surface area (Å²) in [4.78, 5) is 14.1. The van der Waals surface area contributed by atoms with E-state index in [1.165, 1.54) is 7.11 Å². The average Bonchev–Trinajstić information content (AvgIpc) is 2.53. The van der Waals surface area contributed by atoms with Crippen molar-refractivity contribution in [3.05, 3.63) is 23.8 Å². The van der Waals surface area contributed by atoms with E-state index in [1.807, 2.05) is 13.0 Å². The van der Waals surface area contributed by atoms with E-state index < -0.39 is 18.1 Å². The average molecular weight is 344 g/mol. The van der Waals surface area contributed by atoms with E-state index in [9.17, 15) is 18.0 Å². The van der Waals surface area contributed by atoms with E-state index in [2.05, 4.69) is 5.32 Å². The second-order valence-electron chi connectivity index (χ2n) is 6.24. The number of ether oxygens (including phenoxy) is 1. The van der Waals surface area contributed by atoms with Crippen LogP contribution in [0.2, 0.25) is 0 Å². The molecule has 0 spiro atoms. The molecule has 1 fully saturated rings. The van der Waals surface area contributed by atoms with Crippen molar-refractivity contribution in [2.24, 2.45) is 5.92 Å². The van der Waals surface area contributed by atoms with Crippen molar-refractivity contribution in [3.8, 4) is 5.75 Å². The summed E-state index contributed by atoms with van der Waals surface area (Å²) < 4.78 is 44.0. The Morgan fingerprint density at radius 2 is 2.12 bits per heavy atom. The molecule has 4 nitrogen and oxygen atoms in total. The van der Waals surface area contributed by atoms with E-state index in [1.54, 1.807) is 24.0 Å². The van der Waals surface area contributed by atoms with Gasteiger partial charge in [0, 0.05) is 6.54 Å². The number of hydrogen-bond acceptors (Lipinski definition) is 3. The first kappa shape index (κ1) is 18.6. The first-order chi connectivity index (χ1) is 11.2. The Morgan fingerprint density at radius 1 is 1.42 bits per heavy atom. The first-order valence-corrected chi connectivity index (χ1v) is 7.98. The van der Waals surface area contributed by atoms with Gasteiger partial charge in [-0.3, -0.25) is 9.69 Å². The minimum absolute atomic E-state index is 0.125. The molecule has 1 heterocycles. The number of rotatable bonds is 4. The number of nitrogens with one attached hydrogen (secondary N) is 1. The minimum Gasteiger partial charge on any atom is -0.495 e. The van der Waals surface area contributed by atoms with Gasteiger partial charge >= 0.3 is 6.18 Å². The lowest BCUT2D eigenvalue weighted by molar-refractivity contribution is -0.188. The molecular weight excluding hydrogens is 321 g/mol. The molecule has 24 heavy (non-hydrogen) atoms. The molecule has 1 N–H and O–H groups in total. The zero-order valence-corrected chi connectivity index (χ0v) is 14.1. The summed E-state index contributed by atoms with van der Waals surface area (Å²) in [7, 11) is 1.50. The standard InChI is InChI=1S/C17H23F3N2O2/c1-11-6-7-15(24-3)14(9-11)21-16(23)12(2)22-8-4-5-13(10-22)17(18,19)20/h6-7,9,12-13H,4-5,8,10H2,1-3H3,(H,21,23)/t12-,13+/m1/s1. The minimum atomic E-state index is -4.21. The fourth-order valence-corrected chi connectivity index (χ4v) is 2.95. The monoisotopic (exact) mass is 344 g/mol. The summed E-state index contributed by atoms with van der Waals surface area (Å²) in [6.07, 6.45) is -3.65. The number of aryl methyl sites for hydroxylation is 1. The number of amides is 1. The van der Waals surface area contributed by atoms with Crippen LogP contribution in [0.25, 0.3) is 0 Å². The van der Waals surface area contributed by atoms with E-state index in [0.29, 0.717) is 24.4 Å². The van der Waals surface area contributed by atoms with Crippen LogP contribution in [0.3, 0.4) is 0 Å². The molecule has 1 aliphatic rings. The van der Waals surface area contributed by atoms with Crippen molar-refractivity contribution in [3.63, 3.8) is 0 Å². The van der Waals surface area contributed by atoms with Crippen molar-refractivity contribution in [1.82, 2.24) is 4.90 Å². The van der Waals surface area contributed by atoms with Gasteiger partial charge < -0.3 is 10.1 Å². The van der Waals surface area contributed by atoms with Crippen LogP contribution >= 0.6 is 0 Å². The predicted octanol–water partition coefficient (Wildman–Crippen LogP) is 3.60. The maximum atomic E-state index is 12.9. The number of anilines is 1. The molecule has 134 valence electrons. The van der Waals surface area contributed by atoms with Gasteiger partial charge in [0.2, 0.25) is 5.91 Å². The number of benzene rings is 1. The summed E-state index contributed by atoms with van der Waals surface area (Å²) >= 11 is 0. The Balaban J connectivity index is 2.06. The van der Waals surface area contributed by atoms with Crippen LogP contribution in [-0.2, 0) is 4.79 Å². The van der Waals surface area contributed by atoms with Crippen LogP contribution in [0.4, 0.5) is 18.9 Å². The summed E-state index contributed by atoms with van der Waals surface area (Å²) in [6.45, 7) is 3.88. The molecule has 0 bridgehead atoms. The van der Waals surface area contributed by atoms with Crippen LogP contribution in [0.1, 0.15) is 25.3 Å². The van der Waals surface area contributed by atoms with Gasteiger partial charge in [-0.15, -0.1) is 0 Å². The quantitative estimate of drug-likeness (QED) is 0.907. The lowest BCUT2D eigenvalue weighted by atomic mass is 9.96. The summed E-state index contributed by atoms with van der Waals surface area (Å²) in [5.41, 5.74) is 1.48. The van der Waals surface area contributed by atoms with Gasteiger partial charge in [-0.05, 0) is 50.9 Å². The highest BCUT2D eigenvalue weighted by atomic mass is 19.4. The molecule has 0 saturated carbocycles. The Kier molecular flexibility index (Phi) is 5.74. The van der Waals surface area contributed by atoms with Gasteiger partial charge in [-0.2, -0.15) is 13.2 Å². The second-order valence-corrected chi connectivity index (χ2v) is 6.24. The van der Waals surface area contributed by atoms with Crippen LogP contribution < -0.4 is 10.1 Å². The predicted molar refractivity (Wildman–Crippen MR) is 86.2 cm³/mol. The topological polar surface area (TPSA) is 41.6 Å². The van der Waals surface area contributed by atoms with Gasteiger partial charge in [0.25, 0.3) is 0 Å². The molecule has 1 amide bonds. The van der Waals surface area contributed by atoms with Gasteiger partial charge in [0.15, 0.2) is 0 Å². The molecule has 0 aromatic heterocycles. The molecule has 1 aliphatic heterocycles. The van der Waals surface area contributed by atoms with Gasteiger partial charge in [0.1, 0.15) is 5.75 Å². The Morgan fingerprint density at radius 3 is 2.75 bits per heavy atom. The number of halogens is 3. The Bertz CT molecular complexity index is 590. The van der Waals surface area contributed by atoms with Crippen molar-refractivity contribution in [1.29, 1.82) is 0 Å². The van der Waals surface area contributed by atoms with Crippen LogP contribution in [0, 0.1) is 12.8 Å². The molecular formula is C17H23F3N2O2. The molecule has 0 aliphatic carbocycles. The fourth-order valence-electron chi connectivity index (χ4n) is 2.95. The smallest absolute Gasteiger partial charge is 0.393 e. The first-order valence-electron chi connectivity index (χ1n) is 7.98. The number of piperidine rings is 1. The van der Waals surface area contributed by atoms with Crippen molar-refractivity contribution >= 4 is 11.6 Å². The highest BCUT2D eigenvalue weighted by molar-refractivity contribution is 5.95. The van der Waals surface area contributed by atoms with Crippen molar-refractivity contribution in [2.75, 3.05) is 25.5 Å². The Hall–Kier alpha value is -1.76. The van der Waals surface area contributed by atoms with Crippen LogP contribution in [0.5, 0.6) is 5.75 Å². The molecule has 1 saturated heterocycles. The van der Waals surface area contributed by atoms with E-state index in [4.69, 9.17) is 4.74 Å². The van der Waals surface area contributed by atoms with Crippen molar-refractivity contribution < 1.29 is 22.7 Å². The zero-order chi connectivity index (χ0) is 17.9. The highest BCUT2D eigenvalue weighted by Crippen LogP contribution is 2.34. The van der Waals surface area contributed by atoms with Gasteiger partial charge in [-0.1, -0.05) is 6.07 Å². The number of carbonyl (C=O) groups excluding carboxylic acids is 1. The number of hydrogen-bond donors (Lipinski definition) is 1. The third kappa shape index (κ3) is 4.41. The SMILES string of the molecule is COc1ccc(C)cc1NC(=O)[C@@H](C)N1CCC[C@H](C(F)(F)F)C1. The number of methoxy groups -OCH3 is 1. The molecule has 1 aromatic rings. The third-order valence-corrected chi connectivity index (χ3v) is 4.46. The molecule has 0 radical (unpaired) electrons. The number of alkyl halides is 3. The largest absolute Gasteiger partial charge is 0.495 e. The summed E-state index contributed by atoms with van der Waals surface area (Å²) in [6, 6.07) is 4.74. The van der Waals surface area contributed by atoms with E-state index in [-0.39, 0.29) is 18.9 Å².